The number of benzene rings is 1. The fraction of sp³-hybridized carbons (Fsp3) is 0.333. The van der Waals surface area contributed by atoms with Crippen molar-refractivity contribution in [2.75, 3.05) is 6.54 Å². The second kappa shape index (κ2) is 4.43. The van der Waals surface area contributed by atoms with Crippen molar-refractivity contribution in [2.45, 2.75) is 12.3 Å². The van der Waals surface area contributed by atoms with Gasteiger partial charge in [-0.05, 0) is 24.7 Å². The normalized spacial score (nSPS) is 11.8. The Hall–Kier alpha value is -0.380. The lowest BCUT2D eigenvalue weighted by Crippen LogP contribution is -2.19. The molecule has 14 heavy (non-hydrogen) atoms. The fourth-order valence-corrected chi connectivity index (χ4v) is 1.52. The molecule has 0 aliphatic rings. The van der Waals surface area contributed by atoms with Crippen LogP contribution in [0.3, 0.4) is 0 Å². The molecule has 78 valence electrons. The molecule has 0 spiro atoms. The molecule has 0 saturated heterocycles. The summed E-state index contributed by atoms with van der Waals surface area (Å²) in [4.78, 5) is 0. The largest absolute Gasteiger partial charge is 0.330 e. The fourth-order valence-electron chi connectivity index (χ4n) is 1.09. The molecule has 0 heterocycles. The molecule has 5 heteroatoms. The molecule has 0 radical (unpaired) electrons. The first kappa shape index (κ1) is 11.7. The second-order valence-corrected chi connectivity index (χ2v) is 3.71. The summed E-state index contributed by atoms with van der Waals surface area (Å²) in [5.41, 5.74) is 4.82. The molecule has 0 amide bonds. The van der Waals surface area contributed by atoms with Crippen LogP contribution in [0.1, 0.15) is 12.0 Å². The molecular formula is C9H9Cl2F2N. The maximum absolute atomic E-state index is 13.4. The molecule has 0 fully saturated rings. The summed E-state index contributed by atoms with van der Waals surface area (Å²) in [5.74, 6) is -3.02. The Bertz CT molecular complexity index is 329. The summed E-state index contributed by atoms with van der Waals surface area (Å²) < 4.78 is 26.7. The lowest BCUT2D eigenvalue weighted by molar-refractivity contribution is -0.0106. The van der Waals surface area contributed by atoms with E-state index >= 15 is 0 Å². The van der Waals surface area contributed by atoms with Gasteiger partial charge in [-0.25, -0.2) is 8.78 Å². The van der Waals surface area contributed by atoms with E-state index in [1.807, 2.05) is 0 Å². The third-order valence-electron chi connectivity index (χ3n) is 1.78. The summed E-state index contributed by atoms with van der Waals surface area (Å²) >= 11 is 11.2. The Morgan fingerprint density at radius 1 is 1.29 bits per heavy atom. The second-order valence-electron chi connectivity index (χ2n) is 2.87. The molecule has 1 aromatic carbocycles. The van der Waals surface area contributed by atoms with Gasteiger partial charge in [-0.3, -0.25) is 0 Å². The quantitative estimate of drug-likeness (QED) is 0.860. The van der Waals surface area contributed by atoms with E-state index in [0.29, 0.717) is 0 Å². The Labute approximate surface area is 90.8 Å². The topological polar surface area (TPSA) is 26.0 Å². The van der Waals surface area contributed by atoms with Gasteiger partial charge in [-0.15, -0.1) is 0 Å². The molecule has 1 aromatic rings. The van der Waals surface area contributed by atoms with Crippen LogP contribution >= 0.6 is 23.2 Å². The molecule has 0 saturated carbocycles. The van der Waals surface area contributed by atoms with Gasteiger partial charge in [0.15, 0.2) is 0 Å². The average molecular weight is 240 g/mol. The van der Waals surface area contributed by atoms with Crippen molar-refractivity contribution >= 4 is 23.2 Å². The molecule has 0 aromatic heterocycles. The van der Waals surface area contributed by atoms with Gasteiger partial charge in [0.05, 0.1) is 0 Å². The van der Waals surface area contributed by atoms with E-state index in [1.54, 1.807) is 0 Å². The molecule has 0 atom stereocenters. The summed E-state index contributed by atoms with van der Waals surface area (Å²) in [6.45, 7) is -0.101. The van der Waals surface area contributed by atoms with E-state index in [9.17, 15) is 8.78 Å². The molecule has 0 bridgehead atoms. The lowest BCUT2D eigenvalue weighted by Gasteiger charge is -2.17. The molecule has 0 aliphatic carbocycles. The highest BCUT2D eigenvalue weighted by atomic mass is 35.5. The zero-order valence-electron chi connectivity index (χ0n) is 7.24. The van der Waals surface area contributed by atoms with E-state index in [0.717, 1.165) is 0 Å². The van der Waals surface area contributed by atoms with Crippen molar-refractivity contribution in [1.29, 1.82) is 0 Å². The molecule has 1 nitrogen and oxygen atoms in total. The number of hydrogen-bond acceptors (Lipinski definition) is 1. The number of halogens is 4. The summed E-state index contributed by atoms with van der Waals surface area (Å²) in [5, 5.41) is 0.244. The third-order valence-corrected chi connectivity index (χ3v) is 2.35. The maximum Gasteiger partial charge on any atom is 0.275 e. The van der Waals surface area contributed by atoms with Crippen molar-refractivity contribution < 1.29 is 8.78 Å². The van der Waals surface area contributed by atoms with Crippen LogP contribution in [-0.4, -0.2) is 6.54 Å². The highest BCUT2D eigenvalue weighted by molar-refractivity contribution is 6.33. The first-order valence-electron chi connectivity index (χ1n) is 4.01. The number of hydrogen-bond donors (Lipinski definition) is 1. The van der Waals surface area contributed by atoms with Crippen LogP contribution in [-0.2, 0) is 5.92 Å². The smallest absolute Gasteiger partial charge is 0.275 e. The summed E-state index contributed by atoms with van der Waals surface area (Å²) in [6, 6.07) is 3.98. The van der Waals surface area contributed by atoms with Crippen LogP contribution in [0, 0.1) is 0 Å². The highest BCUT2D eigenvalue weighted by Gasteiger charge is 2.32. The zero-order chi connectivity index (χ0) is 10.8. The third kappa shape index (κ3) is 2.56. The Balaban J connectivity index is 3.10. The maximum atomic E-state index is 13.4. The summed E-state index contributed by atoms with van der Waals surface area (Å²) in [6.07, 6.45) is -0.437. The molecule has 2 N–H and O–H groups in total. The van der Waals surface area contributed by atoms with E-state index in [1.165, 1.54) is 18.2 Å². The van der Waals surface area contributed by atoms with Crippen molar-refractivity contribution in [3.05, 3.63) is 33.8 Å². The Kier molecular flexibility index (Phi) is 3.70. The van der Waals surface area contributed by atoms with E-state index < -0.39 is 12.3 Å². The number of rotatable bonds is 3. The summed E-state index contributed by atoms with van der Waals surface area (Å²) in [7, 11) is 0. The van der Waals surface area contributed by atoms with E-state index in [4.69, 9.17) is 28.9 Å². The predicted molar refractivity (Wildman–Crippen MR) is 54.0 cm³/mol. The van der Waals surface area contributed by atoms with Crippen molar-refractivity contribution in [3.63, 3.8) is 0 Å². The molecular weight excluding hydrogens is 231 g/mol. The minimum Gasteiger partial charge on any atom is -0.330 e. The van der Waals surface area contributed by atoms with Gasteiger partial charge in [0.1, 0.15) is 0 Å². The minimum atomic E-state index is -3.02. The van der Waals surface area contributed by atoms with E-state index in [2.05, 4.69) is 0 Å². The van der Waals surface area contributed by atoms with Crippen molar-refractivity contribution in [3.8, 4) is 0 Å². The lowest BCUT2D eigenvalue weighted by atomic mass is 10.1. The van der Waals surface area contributed by atoms with E-state index in [-0.39, 0.29) is 22.2 Å². The van der Waals surface area contributed by atoms with Gasteiger partial charge in [0, 0.05) is 22.0 Å². The molecule has 0 aliphatic heterocycles. The van der Waals surface area contributed by atoms with Crippen LogP contribution in [0.5, 0.6) is 0 Å². The number of nitrogens with two attached hydrogens (primary N) is 1. The average Bonchev–Trinajstić information content (AvgIpc) is 2.09. The van der Waals surface area contributed by atoms with Gasteiger partial charge < -0.3 is 5.73 Å². The van der Waals surface area contributed by atoms with Crippen LogP contribution in [0.15, 0.2) is 18.2 Å². The minimum absolute atomic E-state index is 0.00727. The Morgan fingerprint density at radius 2 is 1.93 bits per heavy atom. The first-order valence-corrected chi connectivity index (χ1v) is 4.76. The highest BCUT2D eigenvalue weighted by Crippen LogP contribution is 2.37. The monoisotopic (exact) mass is 239 g/mol. The van der Waals surface area contributed by atoms with Crippen LogP contribution in [0.4, 0.5) is 8.78 Å². The Morgan fingerprint density at radius 3 is 2.50 bits per heavy atom. The zero-order valence-corrected chi connectivity index (χ0v) is 8.75. The van der Waals surface area contributed by atoms with Gasteiger partial charge in [-0.1, -0.05) is 23.2 Å². The van der Waals surface area contributed by atoms with Crippen molar-refractivity contribution in [1.82, 2.24) is 0 Å². The van der Waals surface area contributed by atoms with Gasteiger partial charge >= 0.3 is 0 Å². The van der Waals surface area contributed by atoms with Crippen LogP contribution in [0.2, 0.25) is 10.0 Å². The number of alkyl halides is 2. The van der Waals surface area contributed by atoms with Gasteiger partial charge in [0.25, 0.3) is 5.92 Å². The molecule has 0 unspecified atom stereocenters. The van der Waals surface area contributed by atoms with Gasteiger partial charge in [0.2, 0.25) is 0 Å². The standard InChI is InChI=1S/C9H9Cl2F2N/c10-6-1-2-8(11)7(5-6)9(12,13)3-4-14/h1-2,5H,3-4,14H2. The SMILES string of the molecule is NCCC(F)(F)c1cc(Cl)ccc1Cl. The van der Waals surface area contributed by atoms with Crippen LogP contribution < -0.4 is 5.73 Å². The predicted octanol–water partition coefficient (Wildman–Crippen LogP) is 3.43. The molecule has 1 rings (SSSR count). The van der Waals surface area contributed by atoms with Crippen molar-refractivity contribution in [2.24, 2.45) is 5.73 Å². The van der Waals surface area contributed by atoms with Gasteiger partial charge in [-0.2, -0.15) is 0 Å². The van der Waals surface area contributed by atoms with Crippen LogP contribution in [0.25, 0.3) is 0 Å². The first-order chi connectivity index (χ1) is 6.47.